The molecule has 0 aliphatic heterocycles. The van der Waals surface area contributed by atoms with E-state index < -0.39 is 46.0 Å². The van der Waals surface area contributed by atoms with E-state index in [-0.39, 0.29) is 11.4 Å². The fourth-order valence-corrected chi connectivity index (χ4v) is 4.24. The highest BCUT2D eigenvalue weighted by Gasteiger charge is 2.39. The number of hydrogen-bond donors (Lipinski definition) is 0. The van der Waals surface area contributed by atoms with E-state index >= 15 is 0 Å². The van der Waals surface area contributed by atoms with Gasteiger partial charge < -0.3 is 4.74 Å². The summed E-state index contributed by atoms with van der Waals surface area (Å²) >= 11 is 0. The van der Waals surface area contributed by atoms with Gasteiger partial charge in [-0.25, -0.2) is 8.42 Å². The number of hydrogen-bond acceptors (Lipinski definition) is 4. The predicted octanol–water partition coefficient (Wildman–Crippen LogP) is 5.79. The summed E-state index contributed by atoms with van der Waals surface area (Å²) in [6.45, 7) is -0.405. The molecule has 176 valence electrons. The maximum Gasteiger partial charge on any atom is 0.419 e. The van der Waals surface area contributed by atoms with Crippen molar-refractivity contribution in [3.63, 3.8) is 0 Å². The summed E-state index contributed by atoms with van der Waals surface area (Å²) in [6, 6.07) is 12.0. The van der Waals surface area contributed by atoms with Crippen LogP contribution < -0.4 is 9.04 Å². The van der Waals surface area contributed by atoms with Crippen LogP contribution in [-0.4, -0.2) is 25.3 Å². The number of sulfonamides is 1. The number of ether oxygens (including phenoxy) is 1. The van der Waals surface area contributed by atoms with Crippen molar-refractivity contribution in [2.75, 3.05) is 10.1 Å². The van der Waals surface area contributed by atoms with Gasteiger partial charge in [-0.05, 0) is 54.1 Å². The molecule has 3 aromatic rings. The zero-order valence-corrected chi connectivity index (χ0v) is 17.5. The second-order valence-electron chi connectivity index (χ2n) is 6.82. The summed E-state index contributed by atoms with van der Waals surface area (Å²) in [5, 5.41) is 0. The van der Waals surface area contributed by atoms with E-state index in [1.165, 1.54) is 48.8 Å². The third-order valence-electron chi connectivity index (χ3n) is 4.30. The molecule has 2 aromatic carbocycles. The van der Waals surface area contributed by atoms with Gasteiger partial charge in [-0.3, -0.25) is 9.29 Å². The van der Waals surface area contributed by atoms with Crippen molar-refractivity contribution in [1.82, 2.24) is 4.98 Å². The fraction of sp³-hybridized carbons (Fsp3) is 0.190. The lowest BCUT2D eigenvalue weighted by atomic mass is 10.2. The molecule has 5 nitrogen and oxygen atoms in total. The van der Waals surface area contributed by atoms with Crippen molar-refractivity contribution in [2.24, 2.45) is 0 Å². The number of nitrogens with zero attached hydrogens (tertiary/aromatic N) is 2. The van der Waals surface area contributed by atoms with Crippen molar-refractivity contribution in [3.8, 4) is 11.5 Å². The second-order valence-corrected chi connectivity index (χ2v) is 8.72. The van der Waals surface area contributed by atoms with Crippen LogP contribution in [0, 0.1) is 0 Å². The molecule has 0 aliphatic carbocycles. The standard InChI is InChI=1S/C21H16F6N2O3S/c22-20(23,24)14-33(30,31)29(13-15-9-11-28-12-10-15)16-5-7-17(8-6-16)32-19-4-2-1-3-18(19)21(25,26)27/h1-12H,13-14H2. The molecule has 0 fully saturated rings. The molecule has 0 saturated heterocycles. The highest BCUT2D eigenvalue weighted by Crippen LogP contribution is 2.38. The molecule has 0 amide bonds. The molecular formula is C21H16F6N2O3S. The second kappa shape index (κ2) is 9.30. The lowest BCUT2D eigenvalue weighted by Crippen LogP contribution is -2.37. The largest absolute Gasteiger partial charge is 0.457 e. The van der Waals surface area contributed by atoms with Crippen LogP contribution in [0.5, 0.6) is 11.5 Å². The number of halogens is 6. The molecular weight excluding hydrogens is 474 g/mol. The minimum atomic E-state index is -4.97. The zero-order valence-electron chi connectivity index (χ0n) is 16.6. The fourth-order valence-electron chi connectivity index (χ4n) is 2.89. The van der Waals surface area contributed by atoms with Gasteiger partial charge in [0.25, 0.3) is 0 Å². The smallest absolute Gasteiger partial charge is 0.419 e. The topological polar surface area (TPSA) is 59.5 Å². The Morgan fingerprint density at radius 1 is 0.848 bits per heavy atom. The van der Waals surface area contributed by atoms with Crippen LogP contribution in [-0.2, 0) is 22.7 Å². The summed E-state index contributed by atoms with van der Waals surface area (Å²) in [5.74, 6) is -2.62. The lowest BCUT2D eigenvalue weighted by molar-refractivity contribution is -0.138. The van der Waals surface area contributed by atoms with Crippen molar-refractivity contribution < 1.29 is 39.5 Å². The van der Waals surface area contributed by atoms with Crippen LogP contribution >= 0.6 is 0 Å². The van der Waals surface area contributed by atoms with E-state index in [2.05, 4.69) is 4.98 Å². The van der Waals surface area contributed by atoms with Gasteiger partial charge in [-0.1, -0.05) is 12.1 Å². The summed E-state index contributed by atoms with van der Waals surface area (Å²) in [5.41, 5.74) is -0.746. The molecule has 0 atom stereocenters. The Morgan fingerprint density at radius 2 is 1.45 bits per heavy atom. The van der Waals surface area contributed by atoms with E-state index in [1.54, 1.807) is 0 Å². The molecule has 1 aromatic heterocycles. The Bertz CT molecular complexity index is 1180. The summed E-state index contributed by atoms with van der Waals surface area (Å²) in [6.07, 6.45) is -6.92. The van der Waals surface area contributed by atoms with Gasteiger partial charge in [0.05, 0.1) is 17.8 Å². The normalized spacial score (nSPS) is 12.4. The van der Waals surface area contributed by atoms with Crippen molar-refractivity contribution in [2.45, 2.75) is 18.9 Å². The number of pyridine rings is 1. The molecule has 1 heterocycles. The number of alkyl halides is 6. The van der Waals surface area contributed by atoms with E-state index in [9.17, 15) is 34.8 Å². The molecule has 12 heteroatoms. The molecule has 0 saturated carbocycles. The molecule has 0 N–H and O–H groups in total. The number of benzene rings is 2. The van der Waals surface area contributed by atoms with Crippen LogP contribution in [0.3, 0.4) is 0 Å². The molecule has 0 radical (unpaired) electrons. The van der Waals surface area contributed by atoms with Gasteiger partial charge >= 0.3 is 12.4 Å². The monoisotopic (exact) mass is 490 g/mol. The van der Waals surface area contributed by atoms with Crippen LogP contribution in [0.15, 0.2) is 73.1 Å². The molecule has 0 unspecified atom stereocenters. The maximum absolute atomic E-state index is 13.1. The van der Waals surface area contributed by atoms with Gasteiger partial charge in [0.1, 0.15) is 11.5 Å². The average Bonchev–Trinajstić information content (AvgIpc) is 2.71. The first-order valence-corrected chi connectivity index (χ1v) is 10.9. The summed E-state index contributed by atoms with van der Waals surface area (Å²) < 4.78 is 109. The van der Waals surface area contributed by atoms with E-state index in [4.69, 9.17) is 4.74 Å². The zero-order chi connectivity index (χ0) is 24.3. The average molecular weight is 490 g/mol. The first-order valence-electron chi connectivity index (χ1n) is 9.25. The van der Waals surface area contributed by atoms with Gasteiger partial charge in [-0.15, -0.1) is 0 Å². The predicted molar refractivity (Wildman–Crippen MR) is 108 cm³/mol. The van der Waals surface area contributed by atoms with Crippen molar-refractivity contribution in [3.05, 3.63) is 84.2 Å². The third-order valence-corrected chi connectivity index (χ3v) is 6.01. The van der Waals surface area contributed by atoms with E-state index in [1.807, 2.05) is 0 Å². The SMILES string of the molecule is O=S(=O)(CC(F)(F)F)N(Cc1ccncc1)c1ccc(Oc2ccccc2C(F)(F)F)cc1. The third kappa shape index (κ3) is 6.60. The number of para-hydroxylation sites is 1. The molecule has 33 heavy (non-hydrogen) atoms. The Hall–Kier alpha value is -3.28. The van der Waals surface area contributed by atoms with Crippen LogP contribution in [0.2, 0.25) is 0 Å². The number of aromatic nitrogens is 1. The Kier molecular flexibility index (Phi) is 6.86. The number of rotatable bonds is 7. The van der Waals surface area contributed by atoms with Gasteiger partial charge in [0.2, 0.25) is 10.0 Å². The molecule has 0 aliphatic rings. The summed E-state index contributed by atoms with van der Waals surface area (Å²) in [7, 11) is -4.83. The van der Waals surface area contributed by atoms with Crippen LogP contribution in [0.1, 0.15) is 11.1 Å². The van der Waals surface area contributed by atoms with Crippen molar-refractivity contribution >= 4 is 15.7 Å². The Balaban J connectivity index is 1.92. The quantitative estimate of drug-likeness (QED) is 0.394. The Morgan fingerprint density at radius 3 is 2.03 bits per heavy atom. The van der Waals surface area contributed by atoms with Crippen LogP contribution in [0.25, 0.3) is 0 Å². The minimum absolute atomic E-state index is 0.0625. The summed E-state index contributed by atoms with van der Waals surface area (Å²) in [4.78, 5) is 3.78. The minimum Gasteiger partial charge on any atom is -0.457 e. The van der Waals surface area contributed by atoms with Crippen LogP contribution in [0.4, 0.5) is 32.0 Å². The number of anilines is 1. The molecule has 0 spiro atoms. The van der Waals surface area contributed by atoms with Crippen molar-refractivity contribution in [1.29, 1.82) is 0 Å². The first kappa shape index (κ1) is 24.4. The first-order chi connectivity index (χ1) is 15.4. The van der Waals surface area contributed by atoms with E-state index in [0.717, 1.165) is 24.3 Å². The molecule has 3 rings (SSSR count). The maximum atomic E-state index is 13.1. The van der Waals surface area contributed by atoms with Gasteiger partial charge in [-0.2, -0.15) is 26.3 Å². The molecule has 0 bridgehead atoms. The van der Waals surface area contributed by atoms with Gasteiger partial charge in [0.15, 0.2) is 5.75 Å². The lowest BCUT2D eigenvalue weighted by Gasteiger charge is -2.25. The highest BCUT2D eigenvalue weighted by atomic mass is 32.2. The highest BCUT2D eigenvalue weighted by molar-refractivity contribution is 7.92. The van der Waals surface area contributed by atoms with Gasteiger partial charge in [0, 0.05) is 12.4 Å². The van der Waals surface area contributed by atoms with E-state index in [0.29, 0.717) is 9.87 Å². The Labute approximate surface area is 185 Å².